The van der Waals surface area contributed by atoms with Crippen LogP contribution in [0.3, 0.4) is 0 Å². The Kier molecular flexibility index (Phi) is 4.96. The van der Waals surface area contributed by atoms with E-state index in [-0.39, 0.29) is 26.9 Å². The molecule has 2 amide bonds. The summed E-state index contributed by atoms with van der Waals surface area (Å²) >= 11 is 18.2. The largest absolute Gasteiger partial charge is 0.349 e. The molecule has 174 valence electrons. The lowest BCUT2D eigenvalue weighted by Gasteiger charge is -2.27. The van der Waals surface area contributed by atoms with Gasteiger partial charge in [0, 0.05) is 16.1 Å². The number of ether oxygens (including phenoxy) is 1. The molecular weight excluding hydrogens is 513 g/mol. The number of fused-ring (bicyclic) bond motifs is 3. The second-order valence-corrected chi connectivity index (χ2v) is 9.89. The monoisotopic (exact) mass is 525 g/mol. The minimum atomic E-state index is -2.14. The van der Waals surface area contributed by atoms with E-state index in [0.717, 1.165) is 4.90 Å². The van der Waals surface area contributed by atoms with Crippen molar-refractivity contribution >= 4 is 63.9 Å². The predicted molar refractivity (Wildman–Crippen MR) is 129 cm³/mol. The zero-order valence-corrected chi connectivity index (χ0v) is 20.0. The fourth-order valence-electron chi connectivity index (χ4n) is 5.35. The van der Waals surface area contributed by atoms with Gasteiger partial charge in [0.2, 0.25) is 29.0 Å². The molecule has 1 spiro atoms. The third-order valence-corrected chi connectivity index (χ3v) is 7.87. The molecule has 3 aromatic rings. The van der Waals surface area contributed by atoms with Gasteiger partial charge in [0.25, 0.3) is 0 Å². The molecule has 2 saturated heterocycles. The number of hydrogen-bond acceptors (Lipinski definition) is 5. The summed E-state index contributed by atoms with van der Waals surface area (Å²) in [4.78, 5) is 56.0. The van der Waals surface area contributed by atoms with E-state index in [1.165, 1.54) is 30.3 Å². The van der Waals surface area contributed by atoms with Crippen LogP contribution in [0.4, 0.5) is 5.69 Å². The van der Waals surface area contributed by atoms with Crippen molar-refractivity contribution in [3.8, 4) is 0 Å². The molecule has 2 aliphatic heterocycles. The summed E-state index contributed by atoms with van der Waals surface area (Å²) in [6.45, 7) is 0. The third-order valence-electron chi connectivity index (χ3n) is 6.88. The molecule has 0 bridgehead atoms. The zero-order chi connectivity index (χ0) is 24.6. The van der Waals surface area contributed by atoms with Gasteiger partial charge in [-0.3, -0.25) is 19.2 Å². The number of benzene rings is 3. The highest BCUT2D eigenvalue weighted by Gasteiger charge is 2.74. The molecule has 3 aliphatic rings. The van der Waals surface area contributed by atoms with Crippen LogP contribution < -0.4 is 4.90 Å². The second kappa shape index (κ2) is 7.73. The Balaban J connectivity index is 1.54. The van der Waals surface area contributed by atoms with Gasteiger partial charge in [-0.25, -0.2) is 4.90 Å². The maximum Gasteiger partial charge on any atom is 0.241 e. The lowest BCUT2D eigenvalue weighted by molar-refractivity contribution is -0.127. The molecule has 1 aliphatic carbocycles. The van der Waals surface area contributed by atoms with Gasteiger partial charge in [-0.15, -0.1) is 0 Å². The Hall–Kier alpha value is -3.03. The molecule has 3 aromatic carbocycles. The summed E-state index contributed by atoms with van der Waals surface area (Å²) in [6.07, 6.45) is -1.02. The lowest BCUT2D eigenvalue weighted by Crippen LogP contribution is -2.51. The summed E-state index contributed by atoms with van der Waals surface area (Å²) in [6, 6.07) is 17.2. The summed E-state index contributed by atoms with van der Waals surface area (Å²) < 4.78 is 6.22. The van der Waals surface area contributed by atoms with Crippen molar-refractivity contribution in [2.45, 2.75) is 11.7 Å². The standard InChI is InChI=1S/C26H14Cl3NO5/c27-13-7-5-12(6-8-13)21-19-20(25(34)30(24(19)33)14-9-10-17(28)18(29)11-14)26(35-21)22(31)15-3-1-2-4-16(15)23(26)32/h1-11,19-21H. The Morgan fingerprint density at radius 1 is 0.743 bits per heavy atom. The molecule has 3 unspecified atom stereocenters. The van der Waals surface area contributed by atoms with Gasteiger partial charge >= 0.3 is 0 Å². The van der Waals surface area contributed by atoms with Gasteiger partial charge in [0.1, 0.15) is 0 Å². The Morgan fingerprint density at radius 3 is 1.97 bits per heavy atom. The predicted octanol–water partition coefficient (Wildman–Crippen LogP) is 5.34. The van der Waals surface area contributed by atoms with E-state index in [0.29, 0.717) is 10.6 Å². The minimum Gasteiger partial charge on any atom is -0.349 e. The van der Waals surface area contributed by atoms with Crippen LogP contribution >= 0.6 is 34.8 Å². The smallest absolute Gasteiger partial charge is 0.241 e. The summed E-state index contributed by atoms with van der Waals surface area (Å²) in [5.74, 6) is -5.00. The van der Waals surface area contributed by atoms with Gasteiger partial charge < -0.3 is 4.74 Å². The van der Waals surface area contributed by atoms with Crippen LogP contribution in [0.25, 0.3) is 0 Å². The van der Waals surface area contributed by atoms with Gasteiger partial charge in [-0.2, -0.15) is 0 Å². The SMILES string of the molecule is O=C1C2C(c3ccc(Cl)cc3)OC3(C(=O)c4ccccc4C3=O)C2C(=O)N1c1ccc(Cl)c(Cl)c1. The zero-order valence-electron chi connectivity index (χ0n) is 17.7. The molecule has 0 aromatic heterocycles. The molecule has 9 heteroatoms. The van der Waals surface area contributed by atoms with Crippen molar-refractivity contribution in [2.24, 2.45) is 11.8 Å². The number of carbonyl (C=O) groups excluding carboxylic acids is 4. The number of ketones is 2. The van der Waals surface area contributed by atoms with Crippen LogP contribution in [-0.4, -0.2) is 29.0 Å². The van der Waals surface area contributed by atoms with E-state index >= 15 is 0 Å². The van der Waals surface area contributed by atoms with Gasteiger partial charge in [-0.1, -0.05) is 71.2 Å². The van der Waals surface area contributed by atoms with Crippen LogP contribution in [0, 0.1) is 11.8 Å². The van der Waals surface area contributed by atoms with Crippen LogP contribution in [0.15, 0.2) is 66.7 Å². The molecule has 3 atom stereocenters. The number of amides is 2. The highest BCUT2D eigenvalue weighted by atomic mass is 35.5. The van der Waals surface area contributed by atoms with Crippen molar-refractivity contribution in [2.75, 3.05) is 4.90 Å². The van der Waals surface area contributed by atoms with E-state index in [9.17, 15) is 19.2 Å². The average molecular weight is 527 g/mol. The highest BCUT2D eigenvalue weighted by Crippen LogP contribution is 2.57. The molecule has 0 saturated carbocycles. The maximum absolute atomic E-state index is 13.9. The summed E-state index contributed by atoms with van der Waals surface area (Å²) in [7, 11) is 0. The van der Waals surface area contributed by atoms with Crippen molar-refractivity contribution in [1.29, 1.82) is 0 Å². The molecule has 2 heterocycles. The number of Topliss-reactive ketones (excluding diaryl/α,β-unsaturated/α-hetero) is 2. The molecule has 6 nitrogen and oxygen atoms in total. The van der Waals surface area contributed by atoms with Gasteiger partial charge in [0.15, 0.2) is 0 Å². The van der Waals surface area contributed by atoms with Crippen LogP contribution in [0.5, 0.6) is 0 Å². The van der Waals surface area contributed by atoms with E-state index in [2.05, 4.69) is 0 Å². The first-order valence-corrected chi connectivity index (χ1v) is 11.8. The van der Waals surface area contributed by atoms with Crippen LogP contribution in [0.1, 0.15) is 32.4 Å². The number of imide groups is 1. The van der Waals surface area contributed by atoms with E-state index in [4.69, 9.17) is 39.5 Å². The quantitative estimate of drug-likeness (QED) is 0.333. The number of halogens is 3. The Morgan fingerprint density at radius 2 is 1.37 bits per heavy atom. The fourth-order valence-corrected chi connectivity index (χ4v) is 5.77. The minimum absolute atomic E-state index is 0.155. The second-order valence-electron chi connectivity index (χ2n) is 8.64. The van der Waals surface area contributed by atoms with E-state index < -0.39 is 46.9 Å². The average Bonchev–Trinajstić information content (AvgIpc) is 3.41. The normalized spacial score (nSPS) is 24.4. The first-order valence-electron chi connectivity index (χ1n) is 10.7. The Labute approximate surface area is 214 Å². The number of nitrogens with zero attached hydrogens (tertiary/aromatic N) is 1. The number of anilines is 1. The topological polar surface area (TPSA) is 80.8 Å². The van der Waals surface area contributed by atoms with Crippen LogP contribution in [-0.2, 0) is 14.3 Å². The van der Waals surface area contributed by atoms with Gasteiger partial charge in [0.05, 0.1) is 33.7 Å². The Bertz CT molecular complexity index is 1430. The first-order chi connectivity index (χ1) is 16.8. The highest BCUT2D eigenvalue weighted by molar-refractivity contribution is 6.42. The van der Waals surface area contributed by atoms with E-state index in [1.54, 1.807) is 36.4 Å². The number of carbonyl (C=O) groups is 4. The fraction of sp³-hybridized carbons (Fsp3) is 0.154. The molecule has 6 rings (SSSR count). The van der Waals surface area contributed by atoms with Crippen LogP contribution in [0.2, 0.25) is 15.1 Å². The number of hydrogen-bond donors (Lipinski definition) is 0. The molecule has 2 fully saturated rings. The first kappa shape index (κ1) is 22.4. The van der Waals surface area contributed by atoms with E-state index in [1.807, 2.05) is 0 Å². The third kappa shape index (κ3) is 2.94. The summed E-state index contributed by atoms with van der Waals surface area (Å²) in [5, 5.41) is 0.873. The number of rotatable bonds is 2. The maximum atomic E-state index is 13.9. The molecule has 0 N–H and O–H groups in total. The van der Waals surface area contributed by atoms with Gasteiger partial charge in [-0.05, 0) is 35.9 Å². The van der Waals surface area contributed by atoms with Crippen molar-refractivity contribution in [3.05, 3.63) is 98.5 Å². The van der Waals surface area contributed by atoms with Crippen molar-refractivity contribution in [1.82, 2.24) is 0 Å². The molecular formula is C26H14Cl3NO5. The summed E-state index contributed by atoms with van der Waals surface area (Å²) in [5.41, 5.74) is -1.09. The van der Waals surface area contributed by atoms with Crippen molar-refractivity contribution in [3.63, 3.8) is 0 Å². The molecule has 35 heavy (non-hydrogen) atoms. The molecule has 0 radical (unpaired) electrons. The lowest BCUT2D eigenvalue weighted by atomic mass is 9.77. The van der Waals surface area contributed by atoms with Crippen molar-refractivity contribution < 1.29 is 23.9 Å².